The second kappa shape index (κ2) is 8.30. The van der Waals surface area contributed by atoms with E-state index in [0.717, 1.165) is 0 Å². The average molecular weight is 296 g/mol. The molecule has 0 bridgehead atoms. The van der Waals surface area contributed by atoms with Gasteiger partial charge in [-0.25, -0.2) is 0 Å². The molecule has 5 nitrogen and oxygen atoms in total. The Kier molecular flexibility index (Phi) is 16.7. The van der Waals surface area contributed by atoms with Crippen LogP contribution in [0.3, 0.4) is 0 Å². The van der Waals surface area contributed by atoms with Crippen molar-refractivity contribution in [2.24, 2.45) is 0 Å². The maximum atomic E-state index is 8.69. The molecule has 0 aliphatic heterocycles. The molecule has 1 N–H and O–H groups in total. The van der Waals surface area contributed by atoms with Crippen LogP contribution in [-0.4, -0.2) is 36.9 Å². The molecule has 0 saturated heterocycles. The summed E-state index contributed by atoms with van der Waals surface area (Å²) < 4.78 is 8.30. The van der Waals surface area contributed by atoms with Crippen molar-refractivity contribution >= 4 is 32.1 Å². The van der Waals surface area contributed by atoms with E-state index in [1.807, 2.05) is 0 Å². The van der Waals surface area contributed by atoms with Crippen LogP contribution in [0.2, 0.25) is 0 Å². The first-order valence-electron chi connectivity index (χ1n) is 1.02. The molecule has 2 radical (unpaired) electrons. The molecule has 0 aliphatic carbocycles. The van der Waals surface area contributed by atoms with Crippen LogP contribution in [0.25, 0.3) is 0 Å². The minimum absolute atomic E-state index is 0. The summed E-state index contributed by atoms with van der Waals surface area (Å²) in [5.74, 6) is 0. The van der Waals surface area contributed by atoms with Crippen LogP contribution in [-0.2, 0) is 22.5 Å². The van der Waals surface area contributed by atoms with Crippen LogP contribution in [0.15, 0.2) is 0 Å². The summed E-state index contributed by atoms with van der Waals surface area (Å²) >= 11 is 0.500. The average Bonchev–Trinajstić information content (AvgIpc) is 1.36. The fourth-order valence-corrected chi connectivity index (χ4v) is 0. The van der Waals surface area contributed by atoms with Gasteiger partial charge in [-0.05, 0) is 0 Å². The zero-order valence-electron chi connectivity index (χ0n) is 3.73. The van der Waals surface area contributed by atoms with Gasteiger partial charge in [0.1, 0.15) is 0 Å². The molecule has 0 amide bonds. The van der Waals surface area contributed by atoms with Gasteiger partial charge >= 0.3 is 45.5 Å². The van der Waals surface area contributed by atoms with Crippen LogP contribution in [0.5, 0.6) is 0 Å². The first-order valence-corrected chi connectivity index (χ1v) is 3.73. The fourth-order valence-electron chi connectivity index (χ4n) is 0. The normalized spacial score (nSPS) is 8.00. The number of rotatable bonds is 0. The minimum Gasteiger partial charge on any atom is 2.00 e. The Morgan fingerprint density at radius 1 is 1.25 bits per heavy atom. The van der Waals surface area contributed by atoms with Gasteiger partial charge in [0.2, 0.25) is 0 Å². The van der Waals surface area contributed by atoms with Gasteiger partial charge in [0.25, 0.3) is 0 Å². The van der Waals surface area contributed by atoms with E-state index in [0.29, 0.717) is 23.0 Å². The maximum Gasteiger partial charge on any atom is 2.00 e. The van der Waals surface area contributed by atoms with Gasteiger partial charge in [-0.15, -0.1) is 9.05 Å². The van der Waals surface area contributed by atoms with Gasteiger partial charge < -0.3 is 19.2 Å². The Labute approximate surface area is 73.5 Å². The number of hydrogen-bond donors (Lipinski definition) is 1. The molecule has 8 heteroatoms. The first-order chi connectivity index (χ1) is 3.00. The topological polar surface area (TPSA) is 106 Å². The summed E-state index contributed by atoms with van der Waals surface area (Å²) in [6.45, 7) is 0. The molecule has 42 valence electrons. The molecule has 0 spiro atoms. The summed E-state index contributed by atoms with van der Waals surface area (Å²) in [4.78, 5) is 33.1. The van der Waals surface area contributed by atoms with Gasteiger partial charge in [-0.2, -0.15) is 0 Å². The van der Waals surface area contributed by atoms with Crippen molar-refractivity contribution in [2.75, 3.05) is 0 Å². The maximum absolute atomic E-state index is 8.69. The second-order valence-electron chi connectivity index (χ2n) is 0.524. The quantitative estimate of drug-likeness (QED) is 0.450. The van der Waals surface area contributed by atoms with E-state index in [2.05, 4.69) is 0 Å². The molecular formula is HO5SbSiZn. The summed E-state index contributed by atoms with van der Waals surface area (Å²) in [7, 11) is -5.36. The van der Waals surface area contributed by atoms with Gasteiger partial charge in [0, 0.05) is 0 Å². The van der Waals surface area contributed by atoms with Crippen molar-refractivity contribution < 1.29 is 41.7 Å². The number of hydrogen-bond acceptors (Lipinski definition) is 5. The largest absolute Gasteiger partial charge is 2.00 e. The minimum atomic E-state index is -5.36. The van der Waals surface area contributed by atoms with Crippen molar-refractivity contribution in [1.29, 1.82) is 0 Å². The van der Waals surface area contributed by atoms with E-state index >= 15 is 0 Å². The monoisotopic (exact) mass is 294 g/mol. The van der Waals surface area contributed by atoms with E-state index in [1.165, 1.54) is 0 Å². The van der Waals surface area contributed by atoms with Crippen molar-refractivity contribution in [3.8, 4) is 0 Å². The second-order valence-corrected chi connectivity index (χ2v) is 1.57. The summed E-state index contributed by atoms with van der Waals surface area (Å²) in [5, 5.41) is 0. The standard InChI is InChI=1S/HO4Si.O.Sb.Zn/c1-5(2,3)4;;;/h1H;;;/q-3;;+1;+2. The molecule has 8 heavy (non-hydrogen) atoms. The third kappa shape index (κ3) is 172. The van der Waals surface area contributed by atoms with Gasteiger partial charge in [-0.1, -0.05) is 0 Å². The third-order valence-corrected chi connectivity index (χ3v) is 0. The van der Waals surface area contributed by atoms with Crippen LogP contribution >= 0.6 is 0 Å². The molecule has 0 aromatic carbocycles. The van der Waals surface area contributed by atoms with Crippen LogP contribution in [0.1, 0.15) is 0 Å². The Morgan fingerprint density at radius 2 is 1.25 bits per heavy atom. The van der Waals surface area contributed by atoms with Crippen LogP contribution in [0.4, 0.5) is 0 Å². The summed E-state index contributed by atoms with van der Waals surface area (Å²) in [6, 6.07) is 0. The van der Waals surface area contributed by atoms with Crippen molar-refractivity contribution in [3.05, 3.63) is 0 Å². The molecule has 0 unspecified atom stereocenters. The summed E-state index contributed by atoms with van der Waals surface area (Å²) in [6.07, 6.45) is 0. The van der Waals surface area contributed by atoms with E-state index in [1.54, 1.807) is 0 Å². The Bertz CT molecular complexity index is 36.2. The van der Waals surface area contributed by atoms with E-state index in [-0.39, 0.29) is 19.5 Å². The van der Waals surface area contributed by atoms with Crippen molar-refractivity contribution in [2.45, 2.75) is 0 Å². The first kappa shape index (κ1) is 16.1. The Hall–Kier alpha value is 1.30. The van der Waals surface area contributed by atoms with Crippen LogP contribution in [0, 0.1) is 0 Å². The van der Waals surface area contributed by atoms with Crippen molar-refractivity contribution in [3.63, 3.8) is 0 Å². The molecule has 0 aromatic rings. The third-order valence-electron chi connectivity index (χ3n) is 0. The molecule has 0 saturated carbocycles. The van der Waals surface area contributed by atoms with Gasteiger partial charge in [-0.3, -0.25) is 0 Å². The predicted octanol–water partition coefficient (Wildman–Crippen LogP) is -5.01. The molecule has 0 aromatic heterocycles. The molecular weight excluding hydrogens is 295 g/mol. The SMILES string of the molecule is [O-][Si]([O-])([O-])O.[O]=[Sb+].[Zn+2]. The Morgan fingerprint density at radius 3 is 1.25 bits per heavy atom. The van der Waals surface area contributed by atoms with Crippen molar-refractivity contribution in [1.82, 2.24) is 0 Å². The predicted molar refractivity (Wildman–Crippen MR) is 14.4 cm³/mol. The Balaban J connectivity index is -0.0000000750. The molecule has 0 aliphatic rings. The molecule has 0 atom stereocenters. The molecule has 0 heterocycles. The van der Waals surface area contributed by atoms with E-state index < -0.39 is 9.05 Å². The molecule has 0 fully saturated rings. The molecule has 0 rings (SSSR count). The zero-order chi connectivity index (χ0) is 6.50. The van der Waals surface area contributed by atoms with Gasteiger partial charge in [0.05, 0.1) is 0 Å². The smallest absolute Gasteiger partial charge is 2.00 e. The van der Waals surface area contributed by atoms with E-state index in [4.69, 9.17) is 22.2 Å². The summed E-state index contributed by atoms with van der Waals surface area (Å²) in [5.41, 5.74) is 0. The fraction of sp³-hybridized carbons (Fsp3) is 0. The van der Waals surface area contributed by atoms with Gasteiger partial charge in [0.15, 0.2) is 0 Å². The van der Waals surface area contributed by atoms with Crippen LogP contribution < -0.4 is 14.4 Å². The van der Waals surface area contributed by atoms with E-state index in [9.17, 15) is 0 Å². The zero-order valence-corrected chi connectivity index (χ0v) is 10.3.